The van der Waals surface area contributed by atoms with Crippen LogP contribution in [0.2, 0.25) is 0 Å². The summed E-state index contributed by atoms with van der Waals surface area (Å²) < 4.78 is 22.1. The van der Waals surface area contributed by atoms with E-state index in [1.54, 1.807) is 0 Å². The van der Waals surface area contributed by atoms with Crippen LogP contribution in [0.5, 0.6) is 34.5 Å². The zero-order valence-electron chi connectivity index (χ0n) is 38.9. The summed E-state index contributed by atoms with van der Waals surface area (Å²) in [5.41, 5.74) is 14.3. The molecule has 9 nitrogen and oxygen atoms in total. The fraction of sp³-hybridized carbons (Fsp3) is 0.0484. The minimum atomic E-state index is 0.738. The van der Waals surface area contributed by atoms with Crippen LogP contribution >= 0.6 is 0 Å². The first kappa shape index (κ1) is 40.6. The van der Waals surface area contributed by atoms with Crippen LogP contribution in [0.25, 0.3) is 38.8 Å². The van der Waals surface area contributed by atoms with Gasteiger partial charge in [-0.1, -0.05) is 91.0 Å². The SMILES string of the molecule is Cc1cc(-n2c3ccccc3c3ccc(Oc4cccc(N5CN(C)c6ccccc65)c4)cc32)ncc1-c1c(N2c3ccccc3Oc3ccccc32)cccc1N1c2ccccc2Oc2ccccc21. The Bertz CT molecular complexity index is 3730. The standard InChI is InChI=1S/C62H44N6O3/c1-40-35-61(68-47-20-4-3-19-44(47)45-34-33-43(37-56(45)68)69-42-18-15-17-41(36-42)65-39-64(2)48-21-5-6-22-49(48)65)63-38-46(40)62-54(66-50-23-7-11-29-57(50)70-58-30-12-8-24-51(58)66)27-16-28-55(62)67-52-25-9-13-31-59(52)71-60-32-14-10-26-53(60)67/h3-38H,39H2,1-2H3. The predicted octanol–water partition coefficient (Wildman–Crippen LogP) is 16.6. The average Bonchev–Trinajstić information content (AvgIpc) is 3.93. The van der Waals surface area contributed by atoms with Crippen molar-refractivity contribution in [3.8, 4) is 51.4 Å². The molecule has 71 heavy (non-hydrogen) atoms. The molecule has 0 atom stereocenters. The highest BCUT2D eigenvalue weighted by Gasteiger charge is 2.33. The summed E-state index contributed by atoms with van der Waals surface area (Å²) in [6.45, 7) is 2.95. The fourth-order valence-corrected chi connectivity index (χ4v) is 10.7. The van der Waals surface area contributed by atoms with Crippen molar-refractivity contribution in [3.63, 3.8) is 0 Å². The highest BCUT2D eigenvalue weighted by Crippen LogP contribution is 2.58. The first-order valence-corrected chi connectivity index (χ1v) is 23.9. The summed E-state index contributed by atoms with van der Waals surface area (Å²) in [6.07, 6.45) is 2.05. The van der Waals surface area contributed by atoms with E-state index in [2.05, 4.69) is 196 Å². The molecule has 5 heterocycles. The van der Waals surface area contributed by atoms with Gasteiger partial charge >= 0.3 is 0 Å². The molecule has 11 aromatic rings. The number of aryl methyl sites for hydroxylation is 1. The van der Waals surface area contributed by atoms with Crippen molar-refractivity contribution in [1.29, 1.82) is 0 Å². The van der Waals surface area contributed by atoms with Crippen molar-refractivity contribution in [2.24, 2.45) is 0 Å². The number of nitrogens with zero attached hydrogens (tertiary/aromatic N) is 6. The van der Waals surface area contributed by atoms with Crippen LogP contribution in [0.1, 0.15) is 5.56 Å². The lowest BCUT2D eigenvalue weighted by molar-refractivity contribution is 0.477. The van der Waals surface area contributed by atoms with Gasteiger partial charge in [0.15, 0.2) is 23.0 Å². The van der Waals surface area contributed by atoms with Gasteiger partial charge in [-0.2, -0.15) is 0 Å². The number of ether oxygens (including phenoxy) is 3. The van der Waals surface area contributed by atoms with Gasteiger partial charge in [0.2, 0.25) is 0 Å². The highest BCUT2D eigenvalue weighted by atomic mass is 16.5. The van der Waals surface area contributed by atoms with Gasteiger partial charge in [-0.25, -0.2) is 4.98 Å². The van der Waals surface area contributed by atoms with Crippen molar-refractivity contribution in [2.75, 3.05) is 33.3 Å². The van der Waals surface area contributed by atoms with E-state index in [-0.39, 0.29) is 0 Å². The van der Waals surface area contributed by atoms with Crippen molar-refractivity contribution in [2.45, 2.75) is 6.92 Å². The molecule has 9 heteroatoms. The second-order valence-electron chi connectivity index (χ2n) is 18.2. The summed E-state index contributed by atoms with van der Waals surface area (Å²) in [6, 6.07) is 73.5. The molecular weight excluding hydrogens is 877 g/mol. The minimum Gasteiger partial charge on any atom is -0.457 e. The molecule has 0 saturated carbocycles. The Morgan fingerprint density at radius 3 is 1.58 bits per heavy atom. The van der Waals surface area contributed by atoms with Gasteiger partial charge in [-0.3, -0.25) is 4.57 Å². The monoisotopic (exact) mass is 920 g/mol. The number of hydrogen-bond donors (Lipinski definition) is 0. The molecule has 0 bridgehead atoms. The maximum absolute atomic E-state index is 6.73. The lowest BCUT2D eigenvalue weighted by Gasteiger charge is -2.37. The van der Waals surface area contributed by atoms with Gasteiger partial charge in [0, 0.05) is 53.0 Å². The molecule has 340 valence electrons. The van der Waals surface area contributed by atoms with E-state index in [0.29, 0.717) is 0 Å². The van der Waals surface area contributed by atoms with Crippen LogP contribution in [0.15, 0.2) is 219 Å². The second kappa shape index (κ2) is 16.1. The largest absolute Gasteiger partial charge is 0.457 e. The Morgan fingerprint density at radius 1 is 0.451 bits per heavy atom. The normalized spacial score (nSPS) is 13.3. The van der Waals surface area contributed by atoms with Crippen molar-refractivity contribution in [1.82, 2.24) is 9.55 Å². The molecule has 0 fully saturated rings. The number of aromatic nitrogens is 2. The molecule has 0 aliphatic carbocycles. The first-order chi connectivity index (χ1) is 35.0. The van der Waals surface area contributed by atoms with E-state index < -0.39 is 0 Å². The summed E-state index contributed by atoms with van der Waals surface area (Å²) in [7, 11) is 2.13. The smallest absolute Gasteiger partial charge is 0.151 e. The zero-order valence-corrected chi connectivity index (χ0v) is 38.9. The minimum absolute atomic E-state index is 0.738. The molecule has 2 aromatic heterocycles. The molecule has 3 aliphatic rings. The second-order valence-corrected chi connectivity index (χ2v) is 18.2. The lowest BCUT2D eigenvalue weighted by Crippen LogP contribution is -2.23. The quantitative estimate of drug-likeness (QED) is 0.157. The number of pyridine rings is 1. The van der Waals surface area contributed by atoms with E-state index in [0.717, 1.165) is 125 Å². The van der Waals surface area contributed by atoms with Gasteiger partial charge in [0.05, 0.1) is 63.2 Å². The third kappa shape index (κ3) is 6.51. The van der Waals surface area contributed by atoms with Crippen LogP contribution in [0.3, 0.4) is 0 Å². The number of anilines is 9. The van der Waals surface area contributed by atoms with Gasteiger partial charge in [-0.05, 0) is 122 Å². The molecule has 0 unspecified atom stereocenters. The summed E-state index contributed by atoms with van der Waals surface area (Å²) >= 11 is 0. The van der Waals surface area contributed by atoms with Gasteiger partial charge < -0.3 is 33.8 Å². The maximum Gasteiger partial charge on any atom is 0.151 e. The van der Waals surface area contributed by atoms with Crippen molar-refractivity contribution < 1.29 is 14.2 Å². The van der Waals surface area contributed by atoms with Gasteiger partial charge in [-0.15, -0.1) is 0 Å². The molecule has 0 saturated heterocycles. The molecule has 0 N–H and O–H groups in total. The van der Waals surface area contributed by atoms with Crippen LogP contribution in [0, 0.1) is 6.92 Å². The molecule has 0 radical (unpaired) electrons. The van der Waals surface area contributed by atoms with Gasteiger partial charge in [0.1, 0.15) is 17.3 Å². The lowest BCUT2D eigenvalue weighted by atomic mass is 9.95. The van der Waals surface area contributed by atoms with Crippen LogP contribution in [-0.2, 0) is 0 Å². The Hall–Kier alpha value is -9.47. The molecule has 0 spiro atoms. The summed E-state index contributed by atoms with van der Waals surface area (Å²) in [5.74, 6) is 5.42. The van der Waals surface area contributed by atoms with Crippen LogP contribution < -0.4 is 33.8 Å². The number of para-hydroxylation sites is 11. The van der Waals surface area contributed by atoms with Crippen molar-refractivity contribution >= 4 is 73.0 Å². The Kier molecular flexibility index (Phi) is 9.19. The van der Waals surface area contributed by atoms with E-state index in [1.807, 2.05) is 60.8 Å². The van der Waals surface area contributed by atoms with E-state index in [9.17, 15) is 0 Å². The first-order valence-electron chi connectivity index (χ1n) is 23.9. The summed E-state index contributed by atoms with van der Waals surface area (Å²) in [4.78, 5) is 14.7. The Labute approximate surface area is 410 Å². The average molecular weight is 921 g/mol. The molecular formula is C62H44N6O3. The van der Waals surface area contributed by atoms with Gasteiger partial charge in [0.25, 0.3) is 0 Å². The predicted molar refractivity (Wildman–Crippen MR) is 287 cm³/mol. The van der Waals surface area contributed by atoms with Crippen LogP contribution in [0.4, 0.5) is 51.2 Å². The Morgan fingerprint density at radius 2 is 0.958 bits per heavy atom. The van der Waals surface area contributed by atoms with Crippen LogP contribution in [-0.4, -0.2) is 23.3 Å². The molecule has 0 amide bonds. The molecule has 9 aromatic carbocycles. The van der Waals surface area contributed by atoms with Crippen molar-refractivity contribution in [3.05, 3.63) is 224 Å². The number of rotatable bonds is 7. The Balaban J connectivity index is 0.927. The maximum atomic E-state index is 6.73. The van der Waals surface area contributed by atoms with E-state index in [4.69, 9.17) is 19.2 Å². The molecule has 3 aliphatic heterocycles. The third-order valence-corrected chi connectivity index (χ3v) is 13.9. The number of benzene rings is 9. The molecule has 14 rings (SSSR count). The van der Waals surface area contributed by atoms with E-state index in [1.165, 1.54) is 11.4 Å². The topological polar surface area (TPSA) is 58.5 Å². The number of hydrogen-bond acceptors (Lipinski definition) is 8. The zero-order chi connectivity index (χ0) is 47.2. The van der Waals surface area contributed by atoms with E-state index >= 15 is 0 Å². The highest BCUT2D eigenvalue weighted by molar-refractivity contribution is 6.10. The number of fused-ring (bicyclic) bond motifs is 8. The summed E-state index contributed by atoms with van der Waals surface area (Å²) in [5, 5.41) is 2.25. The third-order valence-electron chi connectivity index (χ3n) is 13.9. The fourth-order valence-electron chi connectivity index (χ4n) is 10.7.